The molecule has 3 aromatic rings. The molecule has 0 saturated carbocycles. The van der Waals surface area contributed by atoms with E-state index < -0.39 is 0 Å². The van der Waals surface area contributed by atoms with Gasteiger partial charge < -0.3 is 20.9 Å². The van der Waals surface area contributed by atoms with Crippen LogP contribution in [0.3, 0.4) is 0 Å². The van der Waals surface area contributed by atoms with Crippen LogP contribution in [0.2, 0.25) is 0 Å². The Kier molecular flexibility index (Phi) is 8.72. The summed E-state index contributed by atoms with van der Waals surface area (Å²) in [6.45, 7) is 12.3. The van der Waals surface area contributed by atoms with Gasteiger partial charge in [0.15, 0.2) is 0 Å². The summed E-state index contributed by atoms with van der Waals surface area (Å²) in [4.78, 5) is 28.9. The Bertz CT molecular complexity index is 1240. The molecule has 3 N–H and O–H groups in total. The van der Waals surface area contributed by atoms with Gasteiger partial charge in [0.1, 0.15) is 0 Å². The lowest BCUT2D eigenvalue weighted by Crippen LogP contribution is -2.30. The third kappa shape index (κ3) is 6.36. The Hall–Kier alpha value is -3.80. The molecule has 1 heterocycles. The molecule has 1 atom stereocenters. The first-order valence-electron chi connectivity index (χ1n) is 13.7. The fourth-order valence-corrected chi connectivity index (χ4v) is 5.10. The second-order valence-corrected chi connectivity index (χ2v) is 10.7. The fraction of sp³-hybridized carbons (Fsp3) is 0.375. The van der Waals surface area contributed by atoms with E-state index in [9.17, 15) is 9.59 Å². The van der Waals surface area contributed by atoms with Crippen LogP contribution in [0.4, 0.5) is 21.9 Å². The second-order valence-electron chi connectivity index (χ2n) is 10.7. The van der Waals surface area contributed by atoms with E-state index in [1.54, 1.807) is 6.07 Å². The van der Waals surface area contributed by atoms with Crippen molar-refractivity contribution in [3.63, 3.8) is 0 Å². The zero-order valence-electron chi connectivity index (χ0n) is 23.2. The molecule has 200 valence electrons. The van der Waals surface area contributed by atoms with Crippen LogP contribution in [0.25, 0.3) is 0 Å². The summed E-state index contributed by atoms with van der Waals surface area (Å²) in [5.41, 5.74) is 6.16. The minimum Gasteiger partial charge on any atom is -0.371 e. The van der Waals surface area contributed by atoms with Crippen molar-refractivity contribution >= 4 is 29.0 Å². The maximum atomic E-state index is 13.5. The van der Waals surface area contributed by atoms with Crippen LogP contribution in [0, 0.1) is 0 Å². The van der Waals surface area contributed by atoms with E-state index in [0.717, 1.165) is 54.0 Å². The lowest BCUT2D eigenvalue weighted by molar-refractivity contribution is 0.0940. The van der Waals surface area contributed by atoms with E-state index in [2.05, 4.69) is 60.7 Å². The second kappa shape index (κ2) is 12.2. The maximum absolute atomic E-state index is 13.5. The van der Waals surface area contributed by atoms with Crippen LogP contribution in [0.1, 0.15) is 92.4 Å². The number of benzene rings is 3. The predicted molar refractivity (Wildman–Crippen MR) is 157 cm³/mol. The van der Waals surface area contributed by atoms with Gasteiger partial charge in [0, 0.05) is 30.2 Å². The Labute approximate surface area is 226 Å². The molecule has 6 nitrogen and oxygen atoms in total. The van der Waals surface area contributed by atoms with Gasteiger partial charge in [-0.05, 0) is 66.5 Å². The fourth-order valence-electron chi connectivity index (χ4n) is 5.10. The van der Waals surface area contributed by atoms with E-state index in [1.807, 2.05) is 55.5 Å². The molecule has 1 fully saturated rings. The first-order chi connectivity index (χ1) is 18.2. The van der Waals surface area contributed by atoms with Crippen molar-refractivity contribution in [3.05, 3.63) is 89.0 Å². The van der Waals surface area contributed by atoms with E-state index in [-0.39, 0.29) is 29.8 Å². The summed E-state index contributed by atoms with van der Waals surface area (Å²) in [6, 6.07) is 21.3. The van der Waals surface area contributed by atoms with Crippen LogP contribution >= 0.6 is 0 Å². The predicted octanol–water partition coefficient (Wildman–Crippen LogP) is 7.67. The van der Waals surface area contributed by atoms with Gasteiger partial charge in [-0.2, -0.15) is 0 Å². The van der Waals surface area contributed by atoms with Crippen molar-refractivity contribution < 1.29 is 9.59 Å². The van der Waals surface area contributed by atoms with Gasteiger partial charge in [-0.1, -0.05) is 76.2 Å². The SMILES string of the molecule is CC(C)c1cccc(C(C)C)c1NC(=O)Nc1ccc(N2CCCC2)c(C(=O)NC(C)c2ccccc2)c1. The number of carbonyl (C=O) groups is 2. The van der Waals surface area contributed by atoms with Gasteiger partial charge in [-0.15, -0.1) is 0 Å². The molecular formula is C32H40N4O2. The highest BCUT2D eigenvalue weighted by molar-refractivity contribution is 6.04. The number of amides is 3. The topological polar surface area (TPSA) is 73.5 Å². The molecule has 1 unspecified atom stereocenters. The van der Waals surface area contributed by atoms with Crippen molar-refractivity contribution in [2.24, 2.45) is 0 Å². The highest BCUT2D eigenvalue weighted by Gasteiger charge is 2.22. The highest BCUT2D eigenvalue weighted by atomic mass is 16.2. The molecular weight excluding hydrogens is 472 g/mol. The minimum atomic E-state index is -0.321. The normalized spacial score (nSPS) is 14.0. The Morgan fingerprint density at radius 2 is 1.39 bits per heavy atom. The number of hydrogen-bond acceptors (Lipinski definition) is 3. The van der Waals surface area contributed by atoms with Crippen molar-refractivity contribution in [1.29, 1.82) is 0 Å². The van der Waals surface area contributed by atoms with Crippen molar-refractivity contribution in [2.75, 3.05) is 28.6 Å². The third-order valence-corrected chi connectivity index (χ3v) is 7.20. The molecule has 1 aliphatic heterocycles. The summed E-state index contributed by atoms with van der Waals surface area (Å²) in [7, 11) is 0. The lowest BCUT2D eigenvalue weighted by atomic mass is 9.93. The number of nitrogens with one attached hydrogen (secondary N) is 3. The molecule has 0 bridgehead atoms. The van der Waals surface area contributed by atoms with Crippen molar-refractivity contribution in [3.8, 4) is 0 Å². The Morgan fingerprint density at radius 1 is 0.763 bits per heavy atom. The number of hydrogen-bond donors (Lipinski definition) is 3. The molecule has 0 aromatic heterocycles. The van der Waals surface area contributed by atoms with E-state index >= 15 is 0 Å². The van der Waals surface area contributed by atoms with Crippen LogP contribution < -0.4 is 20.9 Å². The number of carbonyl (C=O) groups excluding carboxylic acids is 2. The molecule has 1 saturated heterocycles. The number of rotatable bonds is 8. The first kappa shape index (κ1) is 27.2. The Morgan fingerprint density at radius 3 is 2.00 bits per heavy atom. The summed E-state index contributed by atoms with van der Waals surface area (Å²) in [5, 5.41) is 9.22. The van der Waals surface area contributed by atoms with Gasteiger partial charge in [-0.3, -0.25) is 4.79 Å². The summed E-state index contributed by atoms with van der Waals surface area (Å²) in [5.74, 6) is 0.385. The lowest BCUT2D eigenvalue weighted by Gasteiger charge is -2.23. The number of para-hydroxylation sites is 1. The number of urea groups is 1. The largest absolute Gasteiger partial charge is 0.371 e. The third-order valence-electron chi connectivity index (χ3n) is 7.20. The summed E-state index contributed by atoms with van der Waals surface area (Å²) >= 11 is 0. The first-order valence-corrected chi connectivity index (χ1v) is 13.7. The van der Waals surface area contributed by atoms with Gasteiger partial charge in [-0.25, -0.2) is 4.79 Å². The molecule has 38 heavy (non-hydrogen) atoms. The number of nitrogens with zero attached hydrogens (tertiary/aromatic N) is 1. The van der Waals surface area contributed by atoms with Crippen LogP contribution in [0.5, 0.6) is 0 Å². The standard InChI is InChI=1S/C32H40N4O2/c1-21(2)26-14-11-15-27(22(3)4)30(26)35-32(38)34-25-16-17-29(36-18-9-10-19-36)28(20-25)31(37)33-23(5)24-12-7-6-8-13-24/h6-8,11-17,20-23H,9-10,18-19H2,1-5H3,(H,33,37)(H2,34,35,38). The van der Waals surface area contributed by atoms with Crippen LogP contribution in [-0.4, -0.2) is 25.0 Å². The molecule has 6 heteroatoms. The average molecular weight is 513 g/mol. The average Bonchev–Trinajstić information content (AvgIpc) is 3.43. The van der Waals surface area contributed by atoms with Gasteiger partial charge >= 0.3 is 6.03 Å². The molecule has 0 aliphatic carbocycles. The molecule has 3 aromatic carbocycles. The minimum absolute atomic E-state index is 0.142. The van der Waals surface area contributed by atoms with Gasteiger partial charge in [0.05, 0.1) is 11.6 Å². The molecule has 4 rings (SSSR count). The van der Waals surface area contributed by atoms with E-state index in [4.69, 9.17) is 0 Å². The van der Waals surface area contributed by atoms with Crippen LogP contribution in [-0.2, 0) is 0 Å². The summed E-state index contributed by atoms with van der Waals surface area (Å²) < 4.78 is 0. The van der Waals surface area contributed by atoms with E-state index in [0.29, 0.717) is 11.3 Å². The summed E-state index contributed by atoms with van der Waals surface area (Å²) in [6.07, 6.45) is 2.22. The molecule has 0 spiro atoms. The van der Waals surface area contributed by atoms with Crippen molar-refractivity contribution in [2.45, 2.75) is 65.3 Å². The number of anilines is 3. The monoisotopic (exact) mass is 512 g/mol. The zero-order valence-corrected chi connectivity index (χ0v) is 23.2. The van der Waals surface area contributed by atoms with E-state index in [1.165, 1.54) is 0 Å². The quantitative estimate of drug-likeness (QED) is 0.290. The smallest absolute Gasteiger partial charge is 0.323 e. The molecule has 1 aliphatic rings. The van der Waals surface area contributed by atoms with Crippen LogP contribution in [0.15, 0.2) is 66.7 Å². The molecule has 3 amide bonds. The molecule has 0 radical (unpaired) electrons. The highest BCUT2D eigenvalue weighted by Crippen LogP contribution is 2.33. The van der Waals surface area contributed by atoms with Gasteiger partial charge in [0.2, 0.25) is 0 Å². The van der Waals surface area contributed by atoms with Gasteiger partial charge in [0.25, 0.3) is 5.91 Å². The Balaban J connectivity index is 1.58. The van der Waals surface area contributed by atoms with Crippen molar-refractivity contribution in [1.82, 2.24) is 5.32 Å². The maximum Gasteiger partial charge on any atom is 0.323 e. The zero-order chi connectivity index (χ0) is 27.2.